The average molecular weight is 328 g/mol. The Kier molecular flexibility index (Phi) is 4.92. The maximum absolute atomic E-state index is 12.8. The fourth-order valence-electron chi connectivity index (χ4n) is 2.22. The zero-order valence-corrected chi connectivity index (χ0v) is 12.8. The van der Waals surface area contributed by atoms with Crippen molar-refractivity contribution in [1.82, 2.24) is 4.98 Å². The van der Waals surface area contributed by atoms with E-state index in [2.05, 4.69) is 10.3 Å². The van der Waals surface area contributed by atoms with Gasteiger partial charge in [-0.3, -0.25) is 10.1 Å². The molecule has 0 bridgehead atoms. The van der Waals surface area contributed by atoms with Crippen molar-refractivity contribution in [3.8, 4) is 0 Å². The summed E-state index contributed by atoms with van der Waals surface area (Å²) in [5.74, 6) is -0.638. The number of nitrogens with one attached hydrogen (secondary N) is 1. The predicted molar refractivity (Wildman–Crippen MR) is 83.7 cm³/mol. The highest BCUT2D eigenvalue weighted by Crippen LogP contribution is 2.29. The normalized spacial score (nSPS) is 16.8. The van der Waals surface area contributed by atoms with Gasteiger partial charge in [0, 0.05) is 16.5 Å². The molecule has 3 N–H and O–H groups in total. The third-order valence-electron chi connectivity index (χ3n) is 3.30. The Morgan fingerprint density at radius 3 is 2.81 bits per heavy atom. The Morgan fingerprint density at radius 1 is 1.38 bits per heavy atom. The van der Waals surface area contributed by atoms with Crippen molar-refractivity contribution in [1.29, 1.82) is 0 Å². The van der Waals surface area contributed by atoms with Crippen LogP contribution >= 0.6 is 23.7 Å². The number of aryl methyl sites for hydroxylation is 1. The molecule has 2 aromatic rings. The SMILES string of the molecule is Cl.N[C@H]1CCc2nc(NC(=O)c3ccc(F)cc3)sc2C1. The van der Waals surface area contributed by atoms with E-state index in [0.717, 1.165) is 29.8 Å². The second kappa shape index (κ2) is 6.51. The van der Waals surface area contributed by atoms with Gasteiger partial charge in [0.15, 0.2) is 5.13 Å². The standard InChI is InChI=1S/C14H14FN3OS.ClH/c15-9-3-1-8(2-4-9)13(19)18-14-17-11-6-5-10(16)7-12(11)20-14;/h1-4,10H,5-7,16H2,(H,17,18,19);1H/t10-;/m0./s1. The van der Waals surface area contributed by atoms with E-state index in [4.69, 9.17) is 5.73 Å². The molecule has 3 rings (SSSR count). The minimum absolute atomic E-state index is 0. The highest BCUT2D eigenvalue weighted by molar-refractivity contribution is 7.15. The Morgan fingerprint density at radius 2 is 2.10 bits per heavy atom. The number of amides is 1. The molecule has 1 atom stereocenters. The Hall–Kier alpha value is -1.50. The fourth-order valence-corrected chi connectivity index (χ4v) is 3.32. The van der Waals surface area contributed by atoms with Gasteiger partial charge >= 0.3 is 0 Å². The molecule has 0 aliphatic heterocycles. The summed E-state index contributed by atoms with van der Waals surface area (Å²) in [4.78, 5) is 17.6. The monoisotopic (exact) mass is 327 g/mol. The van der Waals surface area contributed by atoms with Crippen LogP contribution in [0.3, 0.4) is 0 Å². The summed E-state index contributed by atoms with van der Waals surface area (Å²) in [6.45, 7) is 0. The molecule has 1 aliphatic carbocycles. The summed E-state index contributed by atoms with van der Waals surface area (Å²) in [6.07, 6.45) is 2.61. The van der Waals surface area contributed by atoms with Crippen LogP contribution in [0.4, 0.5) is 9.52 Å². The fraction of sp³-hybridized carbons (Fsp3) is 0.286. The molecule has 1 aromatic carbocycles. The molecule has 0 fully saturated rings. The highest BCUT2D eigenvalue weighted by Gasteiger charge is 2.20. The molecule has 0 saturated carbocycles. The average Bonchev–Trinajstić information content (AvgIpc) is 2.80. The van der Waals surface area contributed by atoms with Crippen LogP contribution < -0.4 is 11.1 Å². The largest absolute Gasteiger partial charge is 0.327 e. The van der Waals surface area contributed by atoms with E-state index in [9.17, 15) is 9.18 Å². The number of fused-ring (bicyclic) bond motifs is 1. The van der Waals surface area contributed by atoms with E-state index in [0.29, 0.717) is 10.7 Å². The first-order valence-electron chi connectivity index (χ1n) is 6.43. The van der Waals surface area contributed by atoms with Crippen LogP contribution in [-0.4, -0.2) is 16.9 Å². The van der Waals surface area contributed by atoms with Crippen LogP contribution in [0, 0.1) is 5.82 Å². The number of hydrogen-bond acceptors (Lipinski definition) is 4. The molecule has 1 amide bonds. The lowest BCUT2D eigenvalue weighted by Crippen LogP contribution is -2.27. The molecule has 0 radical (unpaired) electrons. The van der Waals surface area contributed by atoms with E-state index < -0.39 is 0 Å². The van der Waals surface area contributed by atoms with Crippen LogP contribution in [-0.2, 0) is 12.8 Å². The van der Waals surface area contributed by atoms with E-state index >= 15 is 0 Å². The number of nitrogens with two attached hydrogens (primary N) is 1. The number of hydrogen-bond donors (Lipinski definition) is 2. The summed E-state index contributed by atoms with van der Waals surface area (Å²) >= 11 is 1.47. The van der Waals surface area contributed by atoms with Gasteiger partial charge in [0.25, 0.3) is 5.91 Å². The van der Waals surface area contributed by atoms with Crippen LogP contribution in [0.2, 0.25) is 0 Å². The van der Waals surface area contributed by atoms with Crippen molar-refractivity contribution in [2.75, 3.05) is 5.32 Å². The first-order valence-corrected chi connectivity index (χ1v) is 7.24. The lowest BCUT2D eigenvalue weighted by molar-refractivity contribution is 0.102. The summed E-state index contributed by atoms with van der Waals surface area (Å²) in [5.41, 5.74) is 7.37. The number of halogens is 2. The molecule has 7 heteroatoms. The van der Waals surface area contributed by atoms with Crippen molar-refractivity contribution in [3.05, 3.63) is 46.2 Å². The molecule has 4 nitrogen and oxygen atoms in total. The third kappa shape index (κ3) is 3.58. The minimum Gasteiger partial charge on any atom is -0.327 e. The van der Waals surface area contributed by atoms with Gasteiger partial charge in [0.1, 0.15) is 5.82 Å². The van der Waals surface area contributed by atoms with Gasteiger partial charge in [-0.2, -0.15) is 0 Å². The number of thiazole rings is 1. The van der Waals surface area contributed by atoms with E-state index in [1.54, 1.807) is 0 Å². The van der Waals surface area contributed by atoms with Crippen molar-refractivity contribution >= 4 is 34.8 Å². The van der Waals surface area contributed by atoms with Crippen molar-refractivity contribution in [2.45, 2.75) is 25.3 Å². The topological polar surface area (TPSA) is 68.0 Å². The van der Waals surface area contributed by atoms with Gasteiger partial charge in [0.2, 0.25) is 0 Å². The lowest BCUT2D eigenvalue weighted by atomic mass is 9.99. The smallest absolute Gasteiger partial charge is 0.257 e. The van der Waals surface area contributed by atoms with Crippen LogP contribution in [0.25, 0.3) is 0 Å². The molecule has 0 spiro atoms. The van der Waals surface area contributed by atoms with E-state index in [1.807, 2.05) is 0 Å². The van der Waals surface area contributed by atoms with E-state index in [1.165, 1.54) is 35.6 Å². The molecule has 0 unspecified atom stereocenters. The van der Waals surface area contributed by atoms with Gasteiger partial charge in [-0.1, -0.05) is 0 Å². The first-order chi connectivity index (χ1) is 9.61. The lowest BCUT2D eigenvalue weighted by Gasteiger charge is -2.15. The second-order valence-corrected chi connectivity index (χ2v) is 5.94. The third-order valence-corrected chi connectivity index (χ3v) is 4.34. The summed E-state index contributed by atoms with van der Waals surface area (Å²) < 4.78 is 12.8. The molecule has 0 saturated heterocycles. The van der Waals surface area contributed by atoms with Crippen LogP contribution in [0.15, 0.2) is 24.3 Å². The number of rotatable bonds is 2. The maximum Gasteiger partial charge on any atom is 0.257 e. The predicted octanol–water partition coefficient (Wildman–Crippen LogP) is 2.77. The van der Waals surface area contributed by atoms with Gasteiger partial charge in [-0.25, -0.2) is 9.37 Å². The molecular weight excluding hydrogens is 313 g/mol. The Balaban J connectivity index is 0.00000161. The van der Waals surface area contributed by atoms with Gasteiger partial charge in [0.05, 0.1) is 5.69 Å². The number of nitrogens with zero attached hydrogens (tertiary/aromatic N) is 1. The first kappa shape index (κ1) is 15.9. The van der Waals surface area contributed by atoms with Crippen molar-refractivity contribution in [2.24, 2.45) is 5.73 Å². The molecule has 112 valence electrons. The zero-order chi connectivity index (χ0) is 14.1. The molecule has 1 aliphatic rings. The number of benzene rings is 1. The van der Waals surface area contributed by atoms with Crippen molar-refractivity contribution in [3.63, 3.8) is 0 Å². The quantitative estimate of drug-likeness (QED) is 0.891. The molecule has 1 heterocycles. The maximum atomic E-state index is 12.8. The number of carbonyl (C=O) groups excluding carboxylic acids is 1. The molecular formula is C14H15ClFN3OS. The summed E-state index contributed by atoms with van der Waals surface area (Å²) in [5, 5.41) is 3.34. The van der Waals surface area contributed by atoms with E-state index in [-0.39, 0.29) is 30.2 Å². The van der Waals surface area contributed by atoms with Gasteiger partial charge < -0.3 is 5.73 Å². The van der Waals surface area contributed by atoms with Crippen molar-refractivity contribution < 1.29 is 9.18 Å². The molecule has 21 heavy (non-hydrogen) atoms. The van der Waals surface area contributed by atoms with Crippen LogP contribution in [0.1, 0.15) is 27.3 Å². The molecule has 1 aromatic heterocycles. The Bertz CT molecular complexity index is 644. The van der Waals surface area contributed by atoms with Gasteiger partial charge in [-0.05, 0) is 43.5 Å². The summed E-state index contributed by atoms with van der Waals surface area (Å²) in [6, 6.07) is 5.62. The zero-order valence-electron chi connectivity index (χ0n) is 11.1. The summed E-state index contributed by atoms with van der Waals surface area (Å²) in [7, 11) is 0. The number of carbonyl (C=O) groups is 1. The highest BCUT2D eigenvalue weighted by atomic mass is 35.5. The number of aromatic nitrogens is 1. The van der Waals surface area contributed by atoms with Crippen LogP contribution in [0.5, 0.6) is 0 Å². The second-order valence-electron chi connectivity index (χ2n) is 4.85. The van der Waals surface area contributed by atoms with Gasteiger partial charge in [-0.15, -0.1) is 23.7 Å². The minimum atomic E-state index is -0.361. The number of anilines is 1. The Labute approximate surface area is 132 Å².